The summed E-state index contributed by atoms with van der Waals surface area (Å²) in [5.74, 6) is 1.42. The number of nitrogens with two attached hydrogens (primary N) is 1. The molecule has 120 valence electrons. The van der Waals surface area contributed by atoms with Crippen molar-refractivity contribution in [1.29, 1.82) is 0 Å². The number of nitrogen functional groups attached to an aromatic ring is 1. The Bertz CT molecular complexity index is 566. The first-order valence-electron chi connectivity index (χ1n) is 7.97. The Morgan fingerprint density at radius 2 is 2.09 bits per heavy atom. The SMILES string of the molecule is C=C(/C=C\C(=C/C)c1nc(N)sc1CC1CCCCC1)OC. The van der Waals surface area contributed by atoms with E-state index in [1.807, 2.05) is 19.1 Å². The number of hydrogen-bond acceptors (Lipinski definition) is 4. The molecule has 1 fully saturated rings. The van der Waals surface area contributed by atoms with Crippen LogP contribution in [0.4, 0.5) is 5.13 Å². The second-order valence-corrected chi connectivity index (χ2v) is 6.90. The average molecular weight is 318 g/mol. The third-order valence-electron chi connectivity index (χ3n) is 4.21. The molecule has 1 aliphatic carbocycles. The molecule has 0 radical (unpaired) electrons. The highest BCUT2D eigenvalue weighted by Gasteiger charge is 2.19. The summed E-state index contributed by atoms with van der Waals surface area (Å²) < 4.78 is 5.09. The molecule has 0 amide bonds. The number of anilines is 1. The van der Waals surface area contributed by atoms with Gasteiger partial charge in [-0.05, 0) is 37.0 Å². The van der Waals surface area contributed by atoms with Crippen LogP contribution in [0, 0.1) is 5.92 Å². The van der Waals surface area contributed by atoms with Crippen LogP contribution in [0.15, 0.2) is 30.6 Å². The minimum Gasteiger partial charge on any atom is -0.497 e. The Morgan fingerprint density at radius 3 is 2.73 bits per heavy atom. The number of allylic oxidation sites excluding steroid dienone is 4. The van der Waals surface area contributed by atoms with Crippen LogP contribution in [0.3, 0.4) is 0 Å². The number of nitrogens with zero attached hydrogens (tertiary/aromatic N) is 1. The quantitative estimate of drug-likeness (QED) is 0.595. The van der Waals surface area contributed by atoms with Gasteiger partial charge in [0.25, 0.3) is 0 Å². The van der Waals surface area contributed by atoms with Gasteiger partial charge in [-0.1, -0.05) is 44.8 Å². The van der Waals surface area contributed by atoms with Crippen molar-refractivity contribution in [2.45, 2.75) is 45.4 Å². The lowest BCUT2D eigenvalue weighted by molar-refractivity contribution is 0.309. The van der Waals surface area contributed by atoms with Gasteiger partial charge in [0.1, 0.15) is 5.76 Å². The zero-order chi connectivity index (χ0) is 15.9. The van der Waals surface area contributed by atoms with Crippen LogP contribution in [-0.4, -0.2) is 12.1 Å². The van der Waals surface area contributed by atoms with Crippen LogP contribution in [0.5, 0.6) is 0 Å². The van der Waals surface area contributed by atoms with Crippen LogP contribution in [-0.2, 0) is 11.2 Å². The van der Waals surface area contributed by atoms with E-state index in [0.717, 1.165) is 23.6 Å². The van der Waals surface area contributed by atoms with Crippen molar-refractivity contribution in [3.8, 4) is 0 Å². The molecule has 1 saturated carbocycles. The summed E-state index contributed by atoms with van der Waals surface area (Å²) in [6.45, 7) is 5.84. The summed E-state index contributed by atoms with van der Waals surface area (Å²) >= 11 is 1.63. The van der Waals surface area contributed by atoms with Crippen LogP contribution < -0.4 is 5.73 Å². The molecule has 2 rings (SSSR count). The van der Waals surface area contributed by atoms with E-state index >= 15 is 0 Å². The van der Waals surface area contributed by atoms with Crippen LogP contribution >= 0.6 is 11.3 Å². The smallest absolute Gasteiger partial charge is 0.180 e. The Labute approximate surface area is 137 Å². The monoisotopic (exact) mass is 318 g/mol. The zero-order valence-corrected chi connectivity index (χ0v) is 14.4. The van der Waals surface area contributed by atoms with Crippen molar-refractivity contribution in [2.24, 2.45) is 5.92 Å². The van der Waals surface area contributed by atoms with Gasteiger partial charge in [0.15, 0.2) is 5.13 Å². The van der Waals surface area contributed by atoms with E-state index < -0.39 is 0 Å². The van der Waals surface area contributed by atoms with Crippen molar-refractivity contribution in [2.75, 3.05) is 12.8 Å². The van der Waals surface area contributed by atoms with Gasteiger partial charge >= 0.3 is 0 Å². The standard InChI is InChI=1S/C18H26N2OS/c1-4-15(11-10-13(2)21-3)17-16(22-18(19)20-17)12-14-8-6-5-7-9-14/h4,10-11,14H,2,5-9,12H2,1,3H3,(H2,19,20)/b11-10-,15-4+. The van der Waals surface area contributed by atoms with E-state index in [1.54, 1.807) is 18.4 Å². The molecule has 1 heterocycles. The lowest BCUT2D eigenvalue weighted by Crippen LogP contribution is -2.09. The van der Waals surface area contributed by atoms with E-state index in [1.165, 1.54) is 37.0 Å². The van der Waals surface area contributed by atoms with E-state index in [4.69, 9.17) is 10.5 Å². The molecule has 3 nitrogen and oxygen atoms in total. The summed E-state index contributed by atoms with van der Waals surface area (Å²) in [6.07, 6.45) is 13.8. The summed E-state index contributed by atoms with van der Waals surface area (Å²) in [4.78, 5) is 5.87. The Kier molecular flexibility index (Phi) is 6.25. The third-order valence-corrected chi connectivity index (χ3v) is 5.11. The van der Waals surface area contributed by atoms with Gasteiger partial charge in [0.2, 0.25) is 0 Å². The van der Waals surface area contributed by atoms with Gasteiger partial charge in [-0.25, -0.2) is 4.98 Å². The van der Waals surface area contributed by atoms with Gasteiger partial charge in [0, 0.05) is 4.88 Å². The topological polar surface area (TPSA) is 48.1 Å². The van der Waals surface area contributed by atoms with Gasteiger partial charge in [0.05, 0.1) is 12.8 Å². The summed E-state index contributed by atoms with van der Waals surface area (Å²) in [6, 6.07) is 0. The second-order valence-electron chi connectivity index (χ2n) is 5.78. The van der Waals surface area contributed by atoms with Crippen LogP contribution in [0.1, 0.15) is 49.6 Å². The fraction of sp³-hybridized carbons (Fsp3) is 0.500. The summed E-state index contributed by atoms with van der Waals surface area (Å²) in [5.41, 5.74) is 8.08. The predicted octanol–water partition coefficient (Wildman–Crippen LogP) is 4.97. The second kappa shape index (κ2) is 8.18. The molecule has 0 atom stereocenters. The molecule has 0 spiro atoms. The van der Waals surface area contributed by atoms with Gasteiger partial charge in [-0.2, -0.15) is 0 Å². The highest BCUT2D eigenvalue weighted by Crippen LogP contribution is 2.34. The fourth-order valence-corrected chi connectivity index (χ4v) is 3.92. The lowest BCUT2D eigenvalue weighted by Gasteiger charge is -2.21. The normalized spacial score (nSPS) is 17.1. The lowest BCUT2D eigenvalue weighted by atomic mass is 9.86. The van der Waals surface area contributed by atoms with E-state index in [-0.39, 0.29) is 0 Å². The third kappa shape index (κ3) is 4.47. The molecule has 1 aromatic heterocycles. The largest absolute Gasteiger partial charge is 0.497 e. The Morgan fingerprint density at radius 1 is 1.36 bits per heavy atom. The predicted molar refractivity (Wildman–Crippen MR) is 95.7 cm³/mol. The van der Waals surface area contributed by atoms with Gasteiger partial charge in [-0.15, -0.1) is 11.3 Å². The number of hydrogen-bond donors (Lipinski definition) is 1. The maximum Gasteiger partial charge on any atom is 0.180 e. The molecule has 0 aliphatic heterocycles. The first-order valence-corrected chi connectivity index (χ1v) is 8.78. The number of methoxy groups -OCH3 is 1. The number of aromatic nitrogens is 1. The van der Waals surface area contributed by atoms with Crippen molar-refractivity contribution in [1.82, 2.24) is 4.98 Å². The molecular weight excluding hydrogens is 292 g/mol. The molecule has 0 saturated heterocycles. The molecule has 4 heteroatoms. The molecule has 0 bridgehead atoms. The maximum atomic E-state index is 5.97. The number of rotatable bonds is 6. The van der Waals surface area contributed by atoms with E-state index in [2.05, 4.69) is 17.6 Å². The zero-order valence-electron chi connectivity index (χ0n) is 13.6. The summed E-state index contributed by atoms with van der Waals surface area (Å²) in [5, 5.41) is 0.652. The van der Waals surface area contributed by atoms with Gasteiger partial charge < -0.3 is 10.5 Å². The minimum atomic E-state index is 0.636. The minimum absolute atomic E-state index is 0.636. The Balaban J connectivity index is 2.18. The first kappa shape index (κ1) is 16.8. The molecule has 22 heavy (non-hydrogen) atoms. The molecule has 2 N–H and O–H groups in total. The molecule has 0 unspecified atom stereocenters. The van der Waals surface area contributed by atoms with Crippen molar-refractivity contribution in [3.63, 3.8) is 0 Å². The average Bonchev–Trinajstić information content (AvgIpc) is 2.89. The molecular formula is C18H26N2OS. The first-order chi connectivity index (χ1) is 10.6. The highest BCUT2D eigenvalue weighted by molar-refractivity contribution is 7.15. The van der Waals surface area contributed by atoms with E-state index in [9.17, 15) is 0 Å². The maximum absolute atomic E-state index is 5.97. The Hall–Kier alpha value is -1.55. The van der Waals surface area contributed by atoms with Gasteiger partial charge in [-0.3, -0.25) is 0 Å². The van der Waals surface area contributed by atoms with E-state index in [0.29, 0.717) is 10.9 Å². The van der Waals surface area contributed by atoms with Crippen molar-refractivity contribution in [3.05, 3.63) is 41.1 Å². The number of thiazole rings is 1. The van der Waals surface area contributed by atoms with Crippen LogP contribution in [0.2, 0.25) is 0 Å². The van der Waals surface area contributed by atoms with Crippen LogP contribution in [0.25, 0.3) is 5.57 Å². The number of ether oxygens (including phenoxy) is 1. The fourth-order valence-electron chi connectivity index (χ4n) is 2.95. The van der Waals surface area contributed by atoms with Crippen molar-refractivity contribution >= 4 is 22.0 Å². The summed E-state index contributed by atoms with van der Waals surface area (Å²) in [7, 11) is 1.62. The molecule has 1 aliphatic rings. The molecule has 0 aromatic carbocycles. The van der Waals surface area contributed by atoms with Crippen molar-refractivity contribution < 1.29 is 4.74 Å². The highest BCUT2D eigenvalue weighted by atomic mass is 32.1. The molecule has 1 aromatic rings.